The number of para-hydroxylation sites is 1. The summed E-state index contributed by atoms with van der Waals surface area (Å²) in [4.78, 5) is 25.9. The number of fused-ring (bicyclic) bond motifs is 5. The molecule has 7 nitrogen and oxygen atoms in total. The lowest BCUT2D eigenvalue weighted by Gasteiger charge is -2.31. The number of esters is 1. The first-order valence-electron chi connectivity index (χ1n) is 12.8. The van der Waals surface area contributed by atoms with Gasteiger partial charge in [-0.15, -0.1) is 0 Å². The highest BCUT2D eigenvalue weighted by atomic mass is 16.6. The third-order valence-electron chi connectivity index (χ3n) is 7.68. The smallest absolute Gasteiger partial charge is 0.343 e. The maximum absolute atomic E-state index is 13.6. The average Bonchev–Trinajstić information content (AvgIpc) is 3.26. The van der Waals surface area contributed by atoms with Crippen LogP contribution in [-0.2, 0) is 34.7 Å². The summed E-state index contributed by atoms with van der Waals surface area (Å²) in [6, 6.07) is 9.24. The van der Waals surface area contributed by atoms with Gasteiger partial charge in [-0.05, 0) is 37.0 Å². The quantitative estimate of drug-likeness (QED) is 0.178. The zero-order chi connectivity index (χ0) is 24.7. The Labute approximate surface area is 204 Å². The molecule has 3 aromatic rings. The molecule has 184 valence electrons. The van der Waals surface area contributed by atoms with Gasteiger partial charge in [0.2, 0.25) is 11.2 Å². The maximum atomic E-state index is 13.6. The highest BCUT2D eigenvalue weighted by molar-refractivity contribution is 5.86. The minimum Gasteiger partial charge on any atom is -0.618 e. The lowest BCUT2D eigenvalue weighted by atomic mass is 9.86. The number of cyclic esters (lactones) is 1. The fourth-order valence-electron chi connectivity index (χ4n) is 5.66. The van der Waals surface area contributed by atoms with Crippen molar-refractivity contribution < 1.29 is 19.4 Å². The molecule has 2 aliphatic heterocycles. The minimum absolute atomic E-state index is 0.0763. The van der Waals surface area contributed by atoms with Crippen molar-refractivity contribution in [2.75, 3.05) is 0 Å². The molecule has 0 saturated carbocycles. The van der Waals surface area contributed by atoms with Crippen LogP contribution in [0.2, 0.25) is 0 Å². The van der Waals surface area contributed by atoms with E-state index in [9.17, 15) is 19.9 Å². The molecule has 1 N–H and O–H groups in total. The van der Waals surface area contributed by atoms with Crippen LogP contribution in [0, 0.1) is 5.21 Å². The molecule has 4 heterocycles. The standard InChI is InChI=1S/C28H32N2O5/c1-3-5-6-7-8-9-12-18-19-13-10-11-14-23(19)30(34)25-20(18)16-29-24(25)15-22-21(26(29)31)17-35-27(32)28(22,33)4-2/h10-11,13-15,33H,3-9,12,16-17H2,1-2H3/t28-/m0/s1. The van der Waals surface area contributed by atoms with Crippen LogP contribution in [0.4, 0.5) is 0 Å². The lowest BCUT2D eigenvalue weighted by Crippen LogP contribution is -2.44. The molecule has 0 fully saturated rings. The van der Waals surface area contributed by atoms with Crippen molar-refractivity contribution in [3.63, 3.8) is 0 Å². The molecular formula is C28H32N2O5. The topological polar surface area (TPSA) is 95.5 Å². The molecule has 1 aromatic carbocycles. The first-order chi connectivity index (χ1) is 16.9. The third kappa shape index (κ3) is 3.64. The van der Waals surface area contributed by atoms with E-state index < -0.39 is 11.6 Å². The van der Waals surface area contributed by atoms with E-state index in [-0.39, 0.29) is 29.7 Å². The number of unbranched alkanes of at least 4 members (excludes halogenated alkanes) is 5. The second kappa shape index (κ2) is 9.11. The van der Waals surface area contributed by atoms with Crippen molar-refractivity contribution in [2.24, 2.45) is 0 Å². The second-order valence-electron chi connectivity index (χ2n) is 9.74. The number of carbonyl (C=O) groups is 1. The number of nitrogens with zero attached hydrogens (tertiary/aromatic N) is 2. The summed E-state index contributed by atoms with van der Waals surface area (Å²) < 4.78 is 7.67. The van der Waals surface area contributed by atoms with E-state index in [0.717, 1.165) is 40.5 Å². The van der Waals surface area contributed by atoms with Crippen LogP contribution in [-0.4, -0.2) is 15.6 Å². The number of hydrogen-bond donors (Lipinski definition) is 1. The van der Waals surface area contributed by atoms with Crippen LogP contribution in [0.1, 0.15) is 81.0 Å². The third-order valence-corrected chi connectivity index (χ3v) is 7.68. The number of benzene rings is 1. The van der Waals surface area contributed by atoms with Gasteiger partial charge in [0.25, 0.3) is 5.56 Å². The predicted octanol–water partition coefficient (Wildman–Crippen LogP) is 4.22. The van der Waals surface area contributed by atoms with Crippen molar-refractivity contribution >= 4 is 16.9 Å². The van der Waals surface area contributed by atoms with Crippen LogP contribution in [0.3, 0.4) is 0 Å². The SMILES string of the molecule is CCCCCCCCc1c2c([n+]([O-])c3ccccc13)-c1cc3c(c(=O)n1C2)COC(=O)[C@]3(O)CC. The Morgan fingerprint density at radius 3 is 2.60 bits per heavy atom. The molecule has 1 atom stereocenters. The number of rotatable bonds is 8. The molecule has 7 heteroatoms. The van der Waals surface area contributed by atoms with Gasteiger partial charge in [-0.25, -0.2) is 4.79 Å². The molecule has 0 amide bonds. The van der Waals surface area contributed by atoms with E-state index in [4.69, 9.17) is 4.74 Å². The lowest BCUT2D eigenvalue weighted by molar-refractivity contribution is -0.565. The zero-order valence-corrected chi connectivity index (χ0v) is 20.4. The van der Waals surface area contributed by atoms with Gasteiger partial charge in [-0.2, -0.15) is 4.73 Å². The van der Waals surface area contributed by atoms with Gasteiger partial charge >= 0.3 is 5.97 Å². The molecule has 0 radical (unpaired) electrons. The van der Waals surface area contributed by atoms with E-state index in [0.29, 0.717) is 23.4 Å². The number of carbonyl (C=O) groups excluding carboxylic acids is 1. The number of hydrogen-bond acceptors (Lipinski definition) is 5. The summed E-state index contributed by atoms with van der Waals surface area (Å²) in [5.74, 6) is -0.757. The first kappa shape index (κ1) is 23.5. The van der Waals surface area contributed by atoms with Crippen LogP contribution in [0.25, 0.3) is 22.3 Å². The maximum Gasteiger partial charge on any atom is 0.343 e. The largest absolute Gasteiger partial charge is 0.618 e. The number of aliphatic hydroxyl groups is 1. The average molecular weight is 477 g/mol. The van der Waals surface area contributed by atoms with Crippen LogP contribution < -0.4 is 10.3 Å². The summed E-state index contributed by atoms with van der Waals surface area (Å²) in [5, 5.41) is 25.6. The number of ether oxygens (including phenoxy) is 1. The Morgan fingerprint density at radius 2 is 1.83 bits per heavy atom. The predicted molar refractivity (Wildman–Crippen MR) is 133 cm³/mol. The fourth-order valence-corrected chi connectivity index (χ4v) is 5.66. The molecule has 2 aliphatic rings. The normalized spacial score (nSPS) is 18.3. The fraction of sp³-hybridized carbons (Fsp3) is 0.464. The summed E-state index contributed by atoms with van der Waals surface area (Å²) in [6.45, 7) is 4.01. The Balaban J connectivity index is 1.65. The van der Waals surface area contributed by atoms with Gasteiger partial charge in [0.1, 0.15) is 12.3 Å². The van der Waals surface area contributed by atoms with Crippen LogP contribution in [0.15, 0.2) is 35.1 Å². The van der Waals surface area contributed by atoms with Crippen LogP contribution in [0.5, 0.6) is 0 Å². The molecule has 35 heavy (non-hydrogen) atoms. The number of pyridine rings is 2. The van der Waals surface area contributed by atoms with Crippen molar-refractivity contribution in [1.29, 1.82) is 0 Å². The van der Waals surface area contributed by atoms with Crippen LogP contribution >= 0.6 is 0 Å². The highest BCUT2D eigenvalue weighted by Gasteiger charge is 2.46. The van der Waals surface area contributed by atoms with Crippen molar-refractivity contribution in [1.82, 2.24) is 4.57 Å². The van der Waals surface area contributed by atoms with Crippen molar-refractivity contribution in [3.05, 3.63) is 68.1 Å². The van der Waals surface area contributed by atoms with Gasteiger partial charge in [0.05, 0.1) is 23.1 Å². The Morgan fingerprint density at radius 1 is 1.09 bits per heavy atom. The molecule has 0 saturated heterocycles. The summed E-state index contributed by atoms with van der Waals surface area (Å²) in [7, 11) is 0. The summed E-state index contributed by atoms with van der Waals surface area (Å²) >= 11 is 0. The van der Waals surface area contributed by atoms with Crippen molar-refractivity contribution in [2.45, 2.75) is 84.0 Å². The molecule has 0 spiro atoms. The molecule has 0 unspecified atom stereocenters. The van der Waals surface area contributed by atoms with E-state index >= 15 is 0 Å². The summed E-state index contributed by atoms with van der Waals surface area (Å²) in [6.07, 6.45) is 7.94. The van der Waals surface area contributed by atoms with Gasteiger partial charge in [-0.3, -0.25) is 9.36 Å². The molecule has 0 aliphatic carbocycles. The first-order valence-corrected chi connectivity index (χ1v) is 12.8. The van der Waals surface area contributed by atoms with E-state index in [1.807, 2.05) is 24.3 Å². The molecule has 0 bridgehead atoms. The van der Waals surface area contributed by atoms with E-state index in [2.05, 4.69) is 6.92 Å². The molecular weight excluding hydrogens is 444 g/mol. The molecule has 5 rings (SSSR count). The molecule has 2 aromatic heterocycles. The second-order valence-corrected chi connectivity index (χ2v) is 9.74. The monoisotopic (exact) mass is 476 g/mol. The highest BCUT2D eigenvalue weighted by Crippen LogP contribution is 2.39. The number of aryl methyl sites for hydroxylation is 1. The van der Waals surface area contributed by atoms with Gasteiger partial charge in [0, 0.05) is 11.6 Å². The van der Waals surface area contributed by atoms with Gasteiger partial charge in [-0.1, -0.05) is 58.1 Å². The van der Waals surface area contributed by atoms with E-state index in [1.54, 1.807) is 17.6 Å². The summed E-state index contributed by atoms with van der Waals surface area (Å²) in [5.41, 5.74) is 1.76. The zero-order valence-electron chi connectivity index (χ0n) is 20.4. The van der Waals surface area contributed by atoms with Crippen molar-refractivity contribution in [3.8, 4) is 11.4 Å². The Kier molecular flexibility index (Phi) is 6.13. The minimum atomic E-state index is -1.89. The van der Waals surface area contributed by atoms with Gasteiger partial charge in [0.15, 0.2) is 5.60 Å². The Bertz CT molecular complexity index is 1380. The van der Waals surface area contributed by atoms with Gasteiger partial charge < -0.3 is 15.1 Å². The van der Waals surface area contributed by atoms with E-state index in [1.165, 1.54) is 25.7 Å². The Hall–Kier alpha value is -3.19. The number of aromatic nitrogens is 2.